The molecule has 7 nitrogen and oxygen atoms in total. The minimum atomic E-state index is -0.728. The zero-order valence-corrected chi connectivity index (χ0v) is 18.7. The van der Waals surface area contributed by atoms with Gasteiger partial charge in [0.2, 0.25) is 0 Å². The van der Waals surface area contributed by atoms with Gasteiger partial charge in [-0.15, -0.1) is 0 Å². The maximum atomic E-state index is 11.0. The van der Waals surface area contributed by atoms with Gasteiger partial charge < -0.3 is 19.4 Å². The lowest BCUT2D eigenvalue weighted by Crippen LogP contribution is -2.13. The van der Waals surface area contributed by atoms with E-state index in [-0.39, 0.29) is 18.4 Å². The lowest BCUT2D eigenvalue weighted by atomic mass is 10.1. The first kappa shape index (κ1) is 22.9. The average molecular weight is 456 g/mol. The molecule has 1 aliphatic carbocycles. The van der Waals surface area contributed by atoms with Crippen LogP contribution in [-0.2, 0) is 16.2 Å². The van der Waals surface area contributed by atoms with Crippen LogP contribution in [0.2, 0.25) is 0 Å². The van der Waals surface area contributed by atoms with Gasteiger partial charge in [-0.05, 0) is 59.9 Å². The Bertz CT molecular complexity index is 1200. The number of nitrogens with zero attached hydrogens (tertiary/aromatic N) is 2. The molecular weight excluding hydrogens is 432 g/mol. The summed E-state index contributed by atoms with van der Waals surface area (Å²) in [7, 11) is 1.48. The van der Waals surface area contributed by atoms with Gasteiger partial charge in [0.1, 0.15) is 37.5 Å². The van der Waals surface area contributed by atoms with Crippen LogP contribution in [0.1, 0.15) is 34.6 Å². The van der Waals surface area contributed by atoms with Crippen molar-refractivity contribution >= 4 is 11.7 Å². The summed E-state index contributed by atoms with van der Waals surface area (Å²) in [5, 5.41) is 22.1. The van der Waals surface area contributed by atoms with Crippen molar-refractivity contribution in [1.82, 2.24) is 0 Å². The first-order valence-corrected chi connectivity index (χ1v) is 10.8. The number of benzene rings is 3. The van der Waals surface area contributed by atoms with Crippen LogP contribution >= 0.6 is 0 Å². The highest BCUT2D eigenvalue weighted by molar-refractivity contribution is 6.01. The molecule has 0 radical (unpaired) electrons. The molecule has 0 heterocycles. The second kappa shape index (κ2) is 10.5. The Labute approximate surface area is 197 Å². The summed E-state index contributed by atoms with van der Waals surface area (Å²) < 4.78 is 11.7. The molecule has 0 bridgehead atoms. The number of rotatable bonds is 10. The molecule has 1 saturated carbocycles. The highest BCUT2D eigenvalue weighted by atomic mass is 16.6. The van der Waals surface area contributed by atoms with Crippen LogP contribution in [0.3, 0.4) is 0 Å². The number of aliphatic carboxylic acids is 1. The number of carboxylic acids is 1. The summed E-state index contributed by atoms with van der Waals surface area (Å²) in [6, 6.07) is 24.4. The van der Waals surface area contributed by atoms with Crippen LogP contribution in [0.25, 0.3) is 0 Å². The van der Waals surface area contributed by atoms with Crippen molar-refractivity contribution in [2.45, 2.75) is 18.9 Å². The van der Waals surface area contributed by atoms with Gasteiger partial charge >= 0.3 is 5.97 Å². The second-order valence-corrected chi connectivity index (χ2v) is 7.99. The molecule has 0 saturated heterocycles. The fraction of sp³-hybridized carbons (Fsp3) is 0.222. The van der Waals surface area contributed by atoms with E-state index >= 15 is 0 Å². The SMILES string of the molecule is CON=C(COc1ccc(COc2ccc([C@H]3C[C@H]3C(=O)O)cc2)cc1)c1ccc(C#N)cc1. The summed E-state index contributed by atoms with van der Waals surface area (Å²) in [6.07, 6.45) is 0.705. The van der Waals surface area contributed by atoms with Crippen LogP contribution in [0.5, 0.6) is 11.5 Å². The number of hydrogen-bond donors (Lipinski definition) is 1. The van der Waals surface area contributed by atoms with E-state index < -0.39 is 5.97 Å². The van der Waals surface area contributed by atoms with Crippen LogP contribution < -0.4 is 9.47 Å². The molecule has 0 aromatic heterocycles. The Hall–Kier alpha value is -4.31. The topological polar surface area (TPSA) is 101 Å². The quantitative estimate of drug-likeness (QED) is 0.349. The van der Waals surface area contributed by atoms with Gasteiger partial charge in [-0.25, -0.2) is 0 Å². The zero-order valence-electron chi connectivity index (χ0n) is 18.7. The van der Waals surface area contributed by atoms with Crippen molar-refractivity contribution in [2.75, 3.05) is 13.7 Å². The van der Waals surface area contributed by atoms with Crippen molar-refractivity contribution in [3.05, 3.63) is 95.1 Å². The standard InChI is InChI=1S/C27H24N2O5/c1-32-29-26(21-6-2-18(15-28)3-7-21)17-34-22-10-4-19(5-11-22)16-33-23-12-8-20(9-13-23)24-14-25(24)27(30)31/h2-13,24-25H,14,16-17H2,1H3,(H,30,31)/t24-,25-/m1/s1. The molecule has 0 spiro atoms. The molecule has 1 N–H and O–H groups in total. The van der Waals surface area contributed by atoms with Crippen LogP contribution in [0.15, 0.2) is 78.0 Å². The largest absolute Gasteiger partial charge is 0.489 e. The van der Waals surface area contributed by atoms with Gasteiger partial charge in [-0.1, -0.05) is 41.6 Å². The molecular formula is C27H24N2O5. The molecule has 1 fully saturated rings. The Morgan fingerprint density at radius 1 is 1.00 bits per heavy atom. The van der Waals surface area contributed by atoms with Gasteiger partial charge in [0.15, 0.2) is 0 Å². The molecule has 34 heavy (non-hydrogen) atoms. The highest BCUT2D eigenvalue weighted by Gasteiger charge is 2.44. The normalized spacial score (nSPS) is 16.9. The van der Waals surface area contributed by atoms with Gasteiger partial charge in [0, 0.05) is 5.56 Å². The number of nitriles is 1. The Balaban J connectivity index is 1.28. The average Bonchev–Trinajstić information content (AvgIpc) is 3.68. The minimum absolute atomic E-state index is 0.116. The van der Waals surface area contributed by atoms with E-state index in [1.54, 1.807) is 12.1 Å². The predicted molar refractivity (Wildman–Crippen MR) is 126 cm³/mol. The number of carbonyl (C=O) groups is 1. The van der Waals surface area contributed by atoms with Crippen molar-refractivity contribution in [3.8, 4) is 17.6 Å². The maximum absolute atomic E-state index is 11.0. The third-order valence-electron chi connectivity index (χ3n) is 5.67. The fourth-order valence-electron chi connectivity index (χ4n) is 3.66. The molecule has 172 valence electrons. The van der Waals surface area contributed by atoms with Crippen molar-refractivity contribution < 1.29 is 24.2 Å². The van der Waals surface area contributed by atoms with E-state index in [9.17, 15) is 4.79 Å². The van der Waals surface area contributed by atoms with Crippen molar-refractivity contribution in [3.63, 3.8) is 0 Å². The molecule has 3 aromatic rings. The Morgan fingerprint density at radius 2 is 1.65 bits per heavy atom. The minimum Gasteiger partial charge on any atom is -0.489 e. The van der Waals surface area contributed by atoms with E-state index in [1.807, 2.05) is 60.7 Å². The number of ether oxygens (including phenoxy) is 2. The second-order valence-electron chi connectivity index (χ2n) is 7.99. The third kappa shape index (κ3) is 5.73. The van der Waals surface area contributed by atoms with Crippen molar-refractivity contribution in [2.24, 2.45) is 11.1 Å². The summed E-state index contributed by atoms with van der Waals surface area (Å²) in [5.41, 5.74) is 4.03. The summed E-state index contributed by atoms with van der Waals surface area (Å²) in [6.45, 7) is 0.619. The third-order valence-corrected chi connectivity index (χ3v) is 5.67. The zero-order chi connectivity index (χ0) is 23.9. The lowest BCUT2D eigenvalue weighted by molar-refractivity contribution is -0.138. The first-order valence-electron chi connectivity index (χ1n) is 10.8. The van der Waals surface area contributed by atoms with Crippen molar-refractivity contribution in [1.29, 1.82) is 5.26 Å². The van der Waals surface area contributed by atoms with E-state index in [0.29, 0.717) is 30.1 Å². The van der Waals surface area contributed by atoms with Crippen LogP contribution in [-0.4, -0.2) is 30.5 Å². The van der Waals surface area contributed by atoms with E-state index in [4.69, 9.17) is 24.7 Å². The maximum Gasteiger partial charge on any atom is 0.307 e. The van der Waals surface area contributed by atoms with Gasteiger partial charge in [0.25, 0.3) is 0 Å². The molecule has 0 aliphatic heterocycles. The number of carboxylic acid groups (broad SMARTS) is 1. The monoisotopic (exact) mass is 456 g/mol. The lowest BCUT2D eigenvalue weighted by Gasteiger charge is -2.10. The molecule has 0 unspecified atom stereocenters. The smallest absolute Gasteiger partial charge is 0.307 e. The van der Waals surface area contributed by atoms with Crippen LogP contribution in [0.4, 0.5) is 0 Å². The number of oxime groups is 1. The van der Waals surface area contributed by atoms with Gasteiger partial charge in [-0.3, -0.25) is 4.79 Å². The molecule has 0 amide bonds. The predicted octanol–water partition coefficient (Wildman–Crippen LogP) is 4.75. The summed E-state index contributed by atoms with van der Waals surface area (Å²) >= 11 is 0. The molecule has 2 atom stereocenters. The highest BCUT2D eigenvalue weighted by Crippen LogP contribution is 2.47. The molecule has 3 aromatic carbocycles. The van der Waals surface area contributed by atoms with Gasteiger partial charge in [-0.2, -0.15) is 5.26 Å². The fourth-order valence-corrected chi connectivity index (χ4v) is 3.66. The van der Waals surface area contributed by atoms with E-state index in [2.05, 4.69) is 11.2 Å². The summed E-state index contributed by atoms with van der Waals surface area (Å²) in [5.74, 6) is 0.551. The molecule has 7 heteroatoms. The number of hydrogen-bond acceptors (Lipinski definition) is 6. The first-order chi connectivity index (χ1) is 16.6. The summed E-state index contributed by atoms with van der Waals surface area (Å²) in [4.78, 5) is 16.0. The van der Waals surface area contributed by atoms with E-state index in [0.717, 1.165) is 22.4 Å². The van der Waals surface area contributed by atoms with E-state index in [1.165, 1.54) is 7.11 Å². The molecule has 4 rings (SSSR count). The van der Waals surface area contributed by atoms with Gasteiger partial charge in [0.05, 0.1) is 17.6 Å². The Kier molecular flexibility index (Phi) is 7.09. The Morgan fingerprint density at radius 3 is 2.24 bits per heavy atom. The van der Waals surface area contributed by atoms with Crippen LogP contribution in [0, 0.1) is 17.2 Å². The molecule has 1 aliphatic rings.